The molecule has 6 nitrogen and oxygen atoms in total. The van der Waals surface area contributed by atoms with Gasteiger partial charge in [0.1, 0.15) is 0 Å². The van der Waals surface area contributed by atoms with Gasteiger partial charge in [0.15, 0.2) is 5.82 Å². The van der Waals surface area contributed by atoms with E-state index in [-0.39, 0.29) is 11.5 Å². The SMILES string of the molecule is Nc1nc(-c2cccc(Cl)c2)cn2c(=O)n(-c3ccccc3)nc12. The summed E-state index contributed by atoms with van der Waals surface area (Å²) in [7, 11) is 0. The molecular weight excluding hydrogens is 326 g/mol. The summed E-state index contributed by atoms with van der Waals surface area (Å²) in [5.41, 5.74) is 8.00. The van der Waals surface area contributed by atoms with Crippen LogP contribution in [0, 0.1) is 0 Å². The van der Waals surface area contributed by atoms with Crippen LogP contribution in [0.5, 0.6) is 0 Å². The number of rotatable bonds is 2. The standard InChI is InChI=1S/C17H12ClN5O/c18-12-6-4-5-11(9-12)14-10-22-16(15(19)20-14)21-23(17(22)24)13-7-2-1-3-8-13/h1-10H,(H2,19,20). The number of nitrogen functional groups attached to an aromatic ring is 1. The zero-order valence-electron chi connectivity index (χ0n) is 12.4. The number of hydrogen-bond donors (Lipinski definition) is 1. The first-order valence-electron chi connectivity index (χ1n) is 7.23. The first kappa shape index (κ1) is 14.5. The number of halogens is 1. The number of para-hydroxylation sites is 1. The minimum atomic E-state index is -0.312. The maximum absolute atomic E-state index is 12.7. The topological polar surface area (TPSA) is 78.2 Å². The molecule has 0 unspecified atom stereocenters. The number of hydrogen-bond acceptors (Lipinski definition) is 4. The second kappa shape index (κ2) is 5.50. The van der Waals surface area contributed by atoms with Crippen LogP contribution in [0.1, 0.15) is 0 Å². The van der Waals surface area contributed by atoms with E-state index in [0.29, 0.717) is 22.1 Å². The molecule has 0 saturated carbocycles. The largest absolute Gasteiger partial charge is 0.381 e. The molecule has 2 heterocycles. The number of anilines is 1. The third kappa shape index (κ3) is 2.33. The lowest BCUT2D eigenvalue weighted by molar-refractivity contribution is 0.839. The molecule has 0 fully saturated rings. The zero-order chi connectivity index (χ0) is 16.7. The Bertz CT molecular complexity index is 1100. The molecule has 2 aromatic heterocycles. The van der Waals surface area contributed by atoms with E-state index >= 15 is 0 Å². The Labute approximate surface area is 141 Å². The van der Waals surface area contributed by atoms with Crippen molar-refractivity contribution in [2.24, 2.45) is 0 Å². The van der Waals surface area contributed by atoms with Crippen molar-refractivity contribution in [1.29, 1.82) is 0 Å². The van der Waals surface area contributed by atoms with Gasteiger partial charge in [-0.1, -0.05) is 41.9 Å². The van der Waals surface area contributed by atoms with Crippen LogP contribution in [-0.4, -0.2) is 19.2 Å². The van der Waals surface area contributed by atoms with Gasteiger partial charge >= 0.3 is 5.69 Å². The fourth-order valence-electron chi connectivity index (χ4n) is 2.52. The average molecular weight is 338 g/mol. The smallest absolute Gasteiger partial charge is 0.355 e. The van der Waals surface area contributed by atoms with Crippen molar-refractivity contribution in [3.05, 3.63) is 76.3 Å². The molecule has 0 radical (unpaired) electrons. The van der Waals surface area contributed by atoms with E-state index in [4.69, 9.17) is 17.3 Å². The van der Waals surface area contributed by atoms with Crippen LogP contribution < -0.4 is 11.4 Å². The Morgan fingerprint density at radius 3 is 2.58 bits per heavy atom. The molecule has 0 aliphatic heterocycles. The molecule has 0 aliphatic rings. The summed E-state index contributed by atoms with van der Waals surface area (Å²) in [6, 6.07) is 16.4. The van der Waals surface area contributed by atoms with Gasteiger partial charge < -0.3 is 5.73 Å². The van der Waals surface area contributed by atoms with Crippen LogP contribution >= 0.6 is 11.6 Å². The fourth-order valence-corrected chi connectivity index (χ4v) is 2.71. The van der Waals surface area contributed by atoms with E-state index in [1.165, 1.54) is 9.08 Å². The van der Waals surface area contributed by atoms with E-state index in [9.17, 15) is 4.79 Å². The Kier molecular flexibility index (Phi) is 3.32. The predicted molar refractivity (Wildman–Crippen MR) is 93.4 cm³/mol. The van der Waals surface area contributed by atoms with Gasteiger partial charge in [-0.05, 0) is 24.3 Å². The molecule has 0 bridgehead atoms. The van der Waals surface area contributed by atoms with Crippen molar-refractivity contribution in [2.45, 2.75) is 0 Å². The molecule has 0 aliphatic carbocycles. The highest BCUT2D eigenvalue weighted by Crippen LogP contribution is 2.22. The molecule has 0 amide bonds. The van der Waals surface area contributed by atoms with Crippen LogP contribution in [-0.2, 0) is 0 Å². The molecule has 118 valence electrons. The van der Waals surface area contributed by atoms with Gasteiger partial charge in [-0.25, -0.2) is 14.2 Å². The second-order valence-electron chi connectivity index (χ2n) is 5.25. The van der Waals surface area contributed by atoms with Crippen LogP contribution in [0.25, 0.3) is 22.6 Å². The fraction of sp³-hybridized carbons (Fsp3) is 0. The third-order valence-corrected chi connectivity index (χ3v) is 3.89. The van der Waals surface area contributed by atoms with Crippen LogP contribution in [0.4, 0.5) is 5.82 Å². The van der Waals surface area contributed by atoms with E-state index < -0.39 is 0 Å². The first-order chi connectivity index (χ1) is 11.6. The summed E-state index contributed by atoms with van der Waals surface area (Å²) in [5.74, 6) is 0.180. The molecular formula is C17H12ClN5O. The molecule has 0 spiro atoms. The van der Waals surface area contributed by atoms with Gasteiger partial charge in [0.25, 0.3) is 0 Å². The van der Waals surface area contributed by atoms with Crippen molar-refractivity contribution in [1.82, 2.24) is 19.2 Å². The molecule has 24 heavy (non-hydrogen) atoms. The summed E-state index contributed by atoms with van der Waals surface area (Å²) < 4.78 is 2.70. The van der Waals surface area contributed by atoms with Gasteiger partial charge in [0.2, 0.25) is 5.65 Å². The number of nitrogens with two attached hydrogens (primary N) is 1. The molecule has 4 rings (SSSR count). The van der Waals surface area contributed by atoms with Gasteiger partial charge in [0.05, 0.1) is 11.4 Å². The highest BCUT2D eigenvalue weighted by Gasteiger charge is 2.14. The number of fused-ring (bicyclic) bond motifs is 1. The van der Waals surface area contributed by atoms with E-state index in [0.717, 1.165) is 5.56 Å². The van der Waals surface area contributed by atoms with Crippen molar-refractivity contribution in [2.75, 3.05) is 5.73 Å². The number of aromatic nitrogens is 4. The molecule has 2 aromatic carbocycles. The van der Waals surface area contributed by atoms with Crippen LogP contribution in [0.3, 0.4) is 0 Å². The van der Waals surface area contributed by atoms with Crippen molar-refractivity contribution >= 4 is 23.1 Å². The van der Waals surface area contributed by atoms with Gasteiger partial charge in [-0.2, -0.15) is 4.68 Å². The maximum Gasteiger partial charge on any atom is 0.355 e. The minimum Gasteiger partial charge on any atom is -0.381 e. The average Bonchev–Trinajstić information content (AvgIpc) is 2.93. The highest BCUT2D eigenvalue weighted by molar-refractivity contribution is 6.30. The summed E-state index contributed by atoms with van der Waals surface area (Å²) >= 11 is 6.02. The normalized spacial score (nSPS) is 11.0. The quantitative estimate of drug-likeness (QED) is 0.610. The summed E-state index contributed by atoms with van der Waals surface area (Å²) in [4.78, 5) is 17.0. The zero-order valence-corrected chi connectivity index (χ0v) is 13.2. The minimum absolute atomic E-state index is 0.180. The van der Waals surface area contributed by atoms with Gasteiger partial charge in [-0.3, -0.25) is 0 Å². The molecule has 4 aromatic rings. The summed E-state index contributed by atoms with van der Waals surface area (Å²) in [6.45, 7) is 0. The molecule has 2 N–H and O–H groups in total. The van der Waals surface area contributed by atoms with Gasteiger partial charge in [0, 0.05) is 16.8 Å². The van der Waals surface area contributed by atoms with Crippen LogP contribution in [0.15, 0.2) is 65.6 Å². The summed E-state index contributed by atoms with van der Waals surface area (Å²) in [6.07, 6.45) is 1.62. The Balaban J connectivity index is 1.96. The first-order valence-corrected chi connectivity index (χ1v) is 7.60. The molecule has 0 saturated heterocycles. The second-order valence-corrected chi connectivity index (χ2v) is 5.68. The van der Waals surface area contributed by atoms with Crippen molar-refractivity contribution < 1.29 is 0 Å². The molecule has 7 heteroatoms. The van der Waals surface area contributed by atoms with E-state index in [2.05, 4.69) is 10.1 Å². The Morgan fingerprint density at radius 2 is 1.83 bits per heavy atom. The van der Waals surface area contributed by atoms with Crippen LogP contribution in [0.2, 0.25) is 5.02 Å². The van der Waals surface area contributed by atoms with Crippen molar-refractivity contribution in [3.8, 4) is 16.9 Å². The lowest BCUT2D eigenvalue weighted by atomic mass is 10.2. The number of benzene rings is 2. The third-order valence-electron chi connectivity index (χ3n) is 3.65. The monoisotopic (exact) mass is 337 g/mol. The lowest BCUT2D eigenvalue weighted by Gasteiger charge is -2.03. The maximum atomic E-state index is 12.7. The highest BCUT2D eigenvalue weighted by atomic mass is 35.5. The number of nitrogens with zero attached hydrogens (tertiary/aromatic N) is 4. The predicted octanol–water partition coefficient (Wildman–Crippen LogP) is 2.78. The Hall–Kier alpha value is -3.12. The van der Waals surface area contributed by atoms with E-state index in [1.54, 1.807) is 30.5 Å². The lowest BCUT2D eigenvalue weighted by Crippen LogP contribution is -2.19. The molecule has 0 atom stereocenters. The Morgan fingerprint density at radius 1 is 1.04 bits per heavy atom. The van der Waals surface area contributed by atoms with Gasteiger partial charge in [-0.15, -0.1) is 5.10 Å². The summed E-state index contributed by atoms with van der Waals surface area (Å²) in [5, 5.41) is 4.87. The van der Waals surface area contributed by atoms with Crippen molar-refractivity contribution in [3.63, 3.8) is 0 Å². The van der Waals surface area contributed by atoms with E-state index in [1.807, 2.05) is 30.3 Å².